The van der Waals surface area contributed by atoms with Crippen molar-refractivity contribution in [2.75, 3.05) is 0 Å². The number of thiophene rings is 1. The number of furan rings is 1. The highest BCUT2D eigenvalue weighted by Crippen LogP contribution is 2.50. The SMILES string of the molecule is Clc1nc2ccccc2nc1-n1c2ccc(-c3ccc4oc5ccccc5c4c3)cc2c2c3ccccc3c3c4ccc5ccccc5c4sc3c21. The second-order valence-corrected chi connectivity index (χ2v) is 14.8. The molecule has 52 heavy (non-hydrogen) atoms. The maximum atomic E-state index is 7.14. The van der Waals surface area contributed by atoms with Crippen molar-refractivity contribution in [3.63, 3.8) is 0 Å². The molecule has 0 N–H and O–H groups in total. The van der Waals surface area contributed by atoms with Crippen LogP contribution in [0.25, 0.3) is 113 Å². The number of halogens is 1. The smallest absolute Gasteiger partial charge is 0.176 e. The van der Waals surface area contributed by atoms with Crippen LogP contribution in [0.3, 0.4) is 0 Å². The molecule has 0 spiro atoms. The van der Waals surface area contributed by atoms with Crippen LogP contribution in [0.15, 0.2) is 150 Å². The first kappa shape index (κ1) is 28.4. The van der Waals surface area contributed by atoms with Crippen molar-refractivity contribution in [3.05, 3.63) is 151 Å². The maximum Gasteiger partial charge on any atom is 0.176 e. The van der Waals surface area contributed by atoms with E-state index >= 15 is 0 Å². The Kier molecular flexibility index (Phi) is 5.68. The van der Waals surface area contributed by atoms with Crippen LogP contribution in [-0.2, 0) is 0 Å². The highest BCUT2D eigenvalue weighted by atomic mass is 35.5. The molecule has 0 fully saturated rings. The van der Waals surface area contributed by atoms with Crippen molar-refractivity contribution in [1.29, 1.82) is 0 Å². The van der Waals surface area contributed by atoms with Crippen LogP contribution in [0.5, 0.6) is 0 Å². The summed E-state index contributed by atoms with van der Waals surface area (Å²) in [6, 6.07) is 51.4. The molecule has 0 amide bonds. The number of para-hydroxylation sites is 3. The summed E-state index contributed by atoms with van der Waals surface area (Å²) in [7, 11) is 0. The third-order valence-corrected chi connectivity index (χ3v) is 12.2. The van der Waals surface area contributed by atoms with Gasteiger partial charge in [0.05, 0.1) is 26.8 Å². The second kappa shape index (κ2) is 10.4. The summed E-state index contributed by atoms with van der Waals surface area (Å²) in [5.74, 6) is 0.623. The van der Waals surface area contributed by atoms with Crippen LogP contribution in [-0.4, -0.2) is 14.5 Å². The summed E-state index contributed by atoms with van der Waals surface area (Å²) >= 11 is 8.99. The molecule has 8 aromatic carbocycles. The number of rotatable bonds is 2. The molecule has 12 rings (SSSR count). The molecule has 4 nitrogen and oxygen atoms in total. The molecule has 0 aliphatic carbocycles. The zero-order valence-electron chi connectivity index (χ0n) is 27.4. The lowest BCUT2D eigenvalue weighted by Crippen LogP contribution is -2.01. The normalized spacial score (nSPS) is 12.3. The number of nitrogens with zero attached hydrogens (tertiary/aromatic N) is 3. The Balaban J connectivity index is 1.27. The van der Waals surface area contributed by atoms with Crippen LogP contribution in [0.2, 0.25) is 5.15 Å². The third kappa shape index (κ3) is 3.81. The van der Waals surface area contributed by atoms with E-state index in [0.29, 0.717) is 11.0 Å². The fourth-order valence-corrected chi connectivity index (χ4v) is 9.98. The van der Waals surface area contributed by atoms with E-state index in [9.17, 15) is 0 Å². The Labute approximate surface area is 304 Å². The molecular formula is C46H24ClN3OS. The molecule has 4 heterocycles. The molecule has 0 unspecified atom stereocenters. The van der Waals surface area contributed by atoms with Crippen molar-refractivity contribution in [1.82, 2.24) is 14.5 Å². The van der Waals surface area contributed by atoms with E-state index in [2.05, 4.69) is 114 Å². The second-order valence-electron chi connectivity index (χ2n) is 13.4. The molecule has 0 radical (unpaired) electrons. The Bertz CT molecular complexity index is 3500. The molecule has 12 aromatic rings. The Hall–Kier alpha value is -6.27. The van der Waals surface area contributed by atoms with E-state index in [0.717, 1.165) is 60.5 Å². The quantitative estimate of drug-likeness (QED) is 0.180. The Morgan fingerprint density at radius 1 is 0.500 bits per heavy atom. The zero-order valence-corrected chi connectivity index (χ0v) is 29.0. The molecule has 0 atom stereocenters. The van der Waals surface area contributed by atoms with Crippen molar-refractivity contribution >= 4 is 119 Å². The van der Waals surface area contributed by atoms with Gasteiger partial charge in [0.1, 0.15) is 11.2 Å². The van der Waals surface area contributed by atoms with Crippen molar-refractivity contribution < 1.29 is 4.42 Å². The average Bonchev–Trinajstić information content (AvgIpc) is 3.87. The van der Waals surface area contributed by atoms with Gasteiger partial charge in [-0.2, -0.15) is 0 Å². The zero-order chi connectivity index (χ0) is 34.1. The summed E-state index contributed by atoms with van der Waals surface area (Å²) in [6.45, 7) is 0. The number of aromatic nitrogens is 3. The highest BCUT2D eigenvalue weighted by molar-refractivity contribution is 7.27. The standard InChI is InChI=1S/C46H24ClN3OS/c47-45-46(49-36-15-7-6-14-35(36)48-45)50-37-21-18-26(27-19-22-39-33(23-27)29-11-5-8-16-38(29)51-39)24-34(37)40-30-12-3-4-13-31(30)41-32-20-17-25-9-1-2-10-28(25)43(32)52-44(41)42(40)50/h1-24H. The topological polar surface area (TPSA) is 43.9 Å². The van der Waals surface area contributed by atoms with Gasteiger partial charge in [-0.25, -0.2) is 9.97 Å². The number of benzene rings is 8. The van der Waals surface area contributed by atoms with Gasteiger partial charge in [-0.3, -0.25) is 4.57 Å². The lowest BCUT2D eigenvalue weighted by molar-refractivity contribution is 0.669. The summed E-state index contributed by atoms with van der Waals surface area (Å²) < 4.78 is 10.9. The molecule has 0 saturated heterocycles. The average molecular weight is 702 g/mol. The summed E-state index contributed by atoms with van der Waals surface area (Å²) in [6.07, 6.45) is 0. The largest absolute Gasteiger partial charge is 0.456 e. The van der Waals surface area contributed by atoms with Crippen LogP contribution in [0, 0.1) is 0 Å². The number of fused-ring (bicyclic) bond motifs is 16. The fourth-order valence-electron chi connectivity index (χ4n) is 8.37. The Morgan fingerprint density at radius 2 is 1.15 bits per heavy atom. The van der Waals surface area contributed by atoms with E-state index < -0.39 is 0 Å². The Morgan fingerprint density at radius 3 is 2.00 bits per heavy atom. The van der Waals surface area contributed by atoms with E-state index in [1.54, 1.807) is 0 Å². The molecule has 0 bridgehead atoms. The van der Waals surface area contributed by atoms with Crippen LogP contribution in [0.1, 0.15) is 0 Å². The fraction of sp³-hybridized carbons (Fsp3) is 0. The molecule has 6 heteroatoms. The van der Waals surface area contributed by atoms with Crippen LogP contribution in [0.4, 0.5) is 0 Å². The van der Waals surface area contributed by atoms with E-state index in [1.165, 1.54) is 47.1 Å². The van der Waals surface area contributed by atoms with Gasteiger partial charge in [-0.05, 0) is 75.1 Å². The van der Waals surface area contributed by atoms with Crippen molar-refractivity contribution in [2.45, 2.75) is 0 Å². The lowest BCUT2D eigenvalue weighted by Gasteiger charge is -2.11. The van der Waals surface area contributed by atoms with Crippen LogP contribution < -0.4 is 0 Å². The molecule has 0 saturated carbocycles. The van der Waals surface area contributed by atoms with Gasteiger partial charge in [0.2, 0.25) is 0 Å². The minimum absolute atomic E-state index is 0.367. The van der Waals surface area contributed by atoms with E-state index in [1.807, 2.05) is 47.7 Å². The van der Waals surface area contributed by atoms with Crippen molar-refractivity contribution in [2.24, 2.45) is 0 Å². The first-order valence-corrected chi connectivity index (χ1v) is 18.5. The summed E-state index contributed by atoms with van der Waals surface area (Å²) in [5, 5.41) is 12.3. The van der Waals surface area contributed by atoms with E-state index in [-0.39, 0.29) is 0 Å². The van der Waals surface area contributed by atoms with Gasteiger partial charge in [-0.1, -0.05) is 115 Å². The number of hydrogen-bond acceptors (Lipinski definition) is 4. The predicted octanol–water partition coefficient (Wildman–Crippen LogP) is 13.6. The van der Waals surface area contributed by atoms with Gasteiger partial charge in [0.15, 0.2) is 11.0 Å². The predicted molar refractivity (Wildman–Crippen MR) is 220 cm³/mol. The van der Waals surface area contributed by atoms with Gasteiger partial charge in [0.25, 0.3) is 0 Å². The first-order valence-electron chi connectivity index (χ1n) is 17.3. The molecule has 4 aromatic heterocycles. The molecule has 0 aliphatic heterocycles. The van der Waals surface area contributed by atoms with Gasteiger partial charge in [0, 0.05) is 37.0 Å². The number of hydrogen-bond donors (Lipinski definition) is 0. The minimum atomic E-state index is 0.367. The van der Waals surface area contributed by atoms with E-state index in [4.69, 9.17) is 26.0 Å². The molecule has 0 aliphatic rings. The summed E-state index contributed by atoms with van der Waals surface area (Å²) in [5.41, 5.74) is 7.73. The third-order valence-electron chi connectivity index (χ3n) is 10.7. The lowest BCUT2D eigenvalue weighted by atomic mass is 9.96. The first-order chi connectivity index (χ1) is 25.7. The van der Waals surface area contributed by atoms with Gasteiger partial charge < -0.3 is 4.42 Å². The molecule has 242 valence electrons. The molecular weight excluding hydrogens is 678 g/mol. The highest BCUT2D eigenvalue weighted by Gasteiger charge is 2.25. The maximum absolute atomic E-state index is 7.14. The minimum Gasteiger partial charge on any atom is -0.456 e. The summed E-state index contributed by atoms with van der Waals surface area (Å²) in [4.78, 5) is 10.1. The van der Waals surface area contributed by atoms with Crippen molar-refractivity contribution in [3.8, 4) is 16.9 Å². The van der Waals surface area contributed by atoms with Gasteiger partial charge >= 0.3 is 0 Å². The van der Waals surface area contributed by atoms with Gasteiger partial charge in [-0.15, -0.1) is 11.3 Å². The monoisotopic (exact) mass is 701 g/mol. The van der Waals surface area contributed by atoms with Crippen LogP contribution >= 0.6 is 22.9 Å².